The number of hydrogen-bond donors (Lipinski definition) is 2. The van der Waals surface area contributed by atoms with Gasteiger partial charge in [0.05, 0.1) is 0 Å². The highest BCUT2D eigenvalue weighted by Crippen LogP contribution is 2.10. The average molecular weight is 313 g/mol. The maximum Gasteiger partial charge on any atom is 0.410 e. The Balaban J connectivity index is 2.25. The maximum atomic E-state index is 11.9. The smallest absolute Gasteiger partial charge is 0.410 e. The van der Waals surface area contributed by atoms with Gasteiger partial charge in [-0.3, -0.25) is 9.59 Å². The zero-order valence-corrected chi connectivity index (χ0v) is 13.9. The lowest BCUT2D eigenvalue weighted by Gasteiger charge is -2.26. The van der Waals surface area contributed by atoms with Crippen molar-refractivity contribution >= 4 is 17.9 Å². The third-order valence-electron chi connectivity index (χ3n) is 3.25. The molecule has 7 nitrogen and oxygen atoms in total. The Morgan fingerprint density at radius 2 is 2.09 bits per heavy atom. The topological polar surface area (TPSA) is 87.7 Å². The van der Waals surface area contributed by atoms with Crippen molar-refractivity contribution in [3.63, 3.8) is 0 Å². The van der Waals surface area contributed by atoms with Crippen LogP contribution in [-0.4, -0.2) is 54.1 Å². The molecular formula is C15H27N3O4. The van der Waals surface area contributed by atoms with Gasteiger partial charge in [0.1, 0.15) is 11.6 Å². The molecular weight excluding hydrogens is 286 g/mol. The Bertz CT molecular complexity index is 418. The Hall–Kier alpha value is -1.79. The van der Waals surface area contributed by atoms with Gasteiger partial charge in [-0.25, -0.2) is 4.79 Å². The highest BCUT2D eigenvalue weighted by molar-refractivity contribution is 5.90. The van der Waals surface area contributed by atoms with E-state index in [1.165, 1.54) is 0 Å². The Morgan fingerprint density at radius 3 is 2.59 bits per heavy atom. The van der Waals surface area contributed by atoms with Gasteiger partial charge in [0.15, 0.2) is 0 Å². The number of nitrogens with zero attached hydrogens (tertiary/aromatic N) is 1. The van der Waals surface area contributed by atoms with Gasteiger partial charge in [0.2, 0.25) is 11.8 Å². The highest BCUT2D eigenvalue weighted by Gasteiger charge is 2.26. The SMILES string of the molecule is CCN(CCCNC(=O)[C@H]1CCC(=O)N1)C(=O)OC(C)(C)C. The fourth-order valence-electron chi connectivity index (χ4n) is 2.12. The fraction of sp³-hybridized carbons (Fsp3) is 0.800. The van der Waals surface area contributed by atoms with Crippen molar-refractivity contribution in [2.45, 2.75) is 58.6 Å². The van der Waals surface area contributed by atoms with Crippen molar-refractivity contribution in [2.24, 2.45) is 0 Å². The van der Waals surface area contributed by atoms with E-state index in [0.29, 0.717) is 38.9 Å². The first-order chi connectivity index (χ1) is 10.2. The summed E-state index contributed by atoms with van der Waals surface area (Å²) in [5.41, 5.74) is -0.514. The second-order valence-corrected chi connectivity index (χ2v) is 6.36. The van der Waals surface area contributed by atoms with E-state index in [9.17, 15) is 14.4 Å². The third kappa shape index (κ3) is 6.32. The van der Waals surface area contributed by atoms with Crippen LogP contribution in [0.15, 0.2) is 0 Å². The van der Waals surface area contributed by atoms with E-state index >= 15 is 0 Å². The summed E-state index contributed by atoms with van der Waals surface area (Å²) in [7, 11) is 0. The van der Waals surface area contributed by atoms with Crippen molar-refractivity contribution in [2.75, 3.05) is 19.6 Å². The summed E-state index contributed by atoms with van der Waals surface area (Å²) in [6.45, 7) is 8.91. The van der Waals surface area contributed by atoms with Crippen LogP contribution in [0.3, 0.4) is 0 Å². The van der Waals surface area contributed by atoms with Crippen LogP contribution in [0.5, 0.6) is 0 Å². The molecule has 2 N–H and O–H groups in total. The molecule has 7 heteroatoms. The lowest BCUT2D eigenvalue weighted by Crippen LogP contribution is -2.43. The van der Waals surface area contributed by atoms with Gasteiger partial charge in [-0.15, -0.1) is 0 Å². The van der Waals surface area contributed by atoms with Crippen LogP contribution in [0.25, 0.3) is 0 Å². The van der Waals surface area contributed by atoms with Crippen molar-refractivity contribution in [1.29, 1.82) is 0 Å². The van der Waals surface area contributed by atoms with E-state index in [4.69, 9.17) is 4.74 Å². The molecule has 0 bridgehead atoms. The molecule has 1 atom stereocenters. The number of ether oxygens (including phenoxy) is 1. The van der Waals surface area contributed by atoms with Gasteiger partial charge >= 0.3 is 6.09 Å². The standard InChI is InChI=1S/C15H27N3O4/c1-5-18(14(21)22-15(2,3)4)10-6-9-16-13(20)11-7-8-12(19)17-11/h11H,5-10H2,1-4H3,(H,16,20)(H,17,19)/t11-/m1/s1. The predicted octanol–water partition coefficient (Wildman–Crippen LogP) is 1.03. The molecule has 1 saturated heterocycles. The second-order valence-electron chi connectivity index (χ2n) is 6.36. The zero-order chi connectivity index (χ0) is 16.8. The first-order valence-corrected chi connectivity index (χ1v) is 7.78. The quantitative estimate of drug-likeness (QED) is 0.717. The van der Waals surface area contributed by atoms with Crippen molar-refractivity contribution < 1.29 is 19.1 Å². The molecule has 1 fully saturated rings. The number of amides is 3. The van der Waals surface area contributed by atoms with Crippen LogP contribution >= 0.6 is 0 Å². The van der Waals surface area contributed by atoms with E-state index in [0.717, 1.165) is 0 Å². The van der Waals surface area contributed by atoms with E-state index in [1.807, 2.05) is 27.7 Å². The number of carbonyl (C=O) groups excluding carboxylic acids is 3. The van der Waals surface area contributed by atoms with Crippen molar-refractivity contribution in [1.82, 2.24) is 15.5 Å². The zero-order valence-electron chi connectivity index (χ0n) is 13.9. The molecule has 1 aliphatic rings. The molecule has 0 unspecified atom stereocenters. The molecule has 126 valence electrons. The van der Waals surface area contributed by atoms with Gasteiger partial charge in [0, 0.05) is 26.1 Å². The highest BCUT2D eigenvalue weighted by atomic mass is 16.6. The molecule has 3 amide bonds. The molecule has 0 aliphatic carbocycles. The van der Waals surface area contributed by atoms with Crippen LogP contribution in [-0.2, 0) is 14.3 Å². The number of nitrogens with one attached hydrogen (secondary N) is 2. The number of carbonyl (C=O) groups is 3. The summed E-state index contributed by atoms with van der Waals surface area (Å²) >= 11 is 0. The van der Waals surface area contributed by atoms with Gasteiger partial charge in [-0.2, -0.15) is 0 Å². The summed E-state index contributed by atoms with van der Waals surface area (Å²) < 4.78 is 5.31. The Kier molecular flexibility index (Phi) is 6.64. The summed E-state index contributed by atoms with van der Waals surface area (Å²) in [6, 6.07) is -0.416. The molecule has 0 radical (unpaired) electrons. The van der Waals surface area contributed by atoms with Crippen LogP contribution in [0.2, 0.25) is 0 Å². The minimum absolute atomic E-state index is 0.0813. The van der Waals surface area contributed by atoms with Crippen LogP contribution in [0.1, 0.15) is 47.0 Å². The second kappa shape index (κ2) is 8.00. The monoisotopic (exact) mass is 313 g/mol. The van der Waals surface area contributed by atoms with E-state index in [-0.39, 0.29) is 17.9 Å². The van der Waals surface area contributed by atoms with Crippen molar-refractivity contribution in [3.05, 3.63) is 0 Å². The third-order valence-corrected chi connectivity index (χ3v) is 3.25. The molecule has 0 spiro atoms. The van der Waals surface area contributed by atoms with Crippen molar-refractivity contribution in [3.8, 4) is 0 Å². The first kappa shape index (κ1) is 18.3. The molecule has 1 heterocycles. The minimum Gasteiger partial charge on any atom is -0.444 e. The number of hydrogen-bond acceptors (Lipinski definition) is 4. The van der Waals surface area contributed by atoms with Crippen LogP contribution < -0.4 is 10.6 Å². The maximum absolute atomic E-state index is 11.9. The van der Waals surface area contributed by atoms with Gasteiger partial charge < -0.3 is 20.3 Å². The van der Waals surface area contributed by atoms with Gasteiger partial charge in [-0.05, 0) is 40.5 Å². The molecule has 0 saturated carbocycles. The predicted molar refractivity (Wildman–Crippen MR) is 82.3 cm³/mol. The first-order valence-electron chi connectivity index (χ1n) is 7.78. The van der Waals surface area contributed by atoms with Gasteiger partial charge in [0.25, 0.3) is 0 Å². The average Bonchev–Trinajstić information content (AvgIpc) is 2.83. The summed E-state index contributed by atoms with van der Waals surface area (Å²) in [5.74, 6) is -0.242. The summed E-state index contributed by atoms with van der Waals surface area (Å²) in [5, 5.41) is 5.40. The van der Waals surface area contributed by atoms with Gasteiger partial charge in [-0.1, -0.05) is 0 Å². The normalized spacial score (nSPS) is 17.8. The van der Waals surface area contributed by atoms with E-state index < -0.39 is 11.6 Å². The fourth-order valence-corrected chi connectivity index (χ4v) is 2.12. The van der Waals surface area contributed by atoms with Crippen LogP contribution in [0, 0.1) is 0 Å². The summed E-state index contributed by atoms with van der Waals surface area (Å²) in [6.07, 6.45) is 1.24. The minimum atomic E-state index is -0.514. The molecule has 22 heavy (non-hydrogen) atoms. The van der Waals surface area contributed by atoms with E-state index in [1.54, 1.807) is 4.90 Å². The number of rotatable bonds is 6. The Labute approximate surface area is 131 Å². The Morgan fingerprint density at radius 1 is 1.41 bits per heavy atom. The lowest BCUT2D eigenvalue weighted by atomic mass is 10.2. The molecule has 0 aromatic heterocycles. The molecule has 0 aromatic rings. The molecule has 1 aliphatic heterocycles. The van der Waals surface area contributed by atoms with E-state index in [2.05, 4.69) is 10.6 Å². The molecule has 0 aromatic carbocycles. The lowest BCUT2D eigenvalue weighted by molar-refractivity contribution is -0.125. The largest absolute Gasteiger partial charge is 0.444 e. The summed E-state index contributed by atoms with van der Waals surface area (Å²) in [4.78, 5) is 36.4. The van der Waals surface area contributed by atoms with Crippen LogP contribution in [0.4, 0.5) is 4.79 Å². The molecule has 1 rings (SSSR count).